The molecule has 0 bridgehead atoms. The molecule has 0 aromatic rings. The monoisotopic (exact) mass is 256 g/mol. The number of carboxylic acid groups (broad SMARTS) is 1. The van der Waals surface area contributed by atoms with Gasteiger partial charge in [-0.2, -0.15) is 0 Å². The van der Waals surface area contributed by atoms with Crippen molar-refractivity contribution in [2.45, 2.75) is 52.0 Å². The van der Waals surface area contributed by atoms with Gasteiger partial charge in [-0.3, -0.25) is 4.79 Å². The van der Waals surface area contributed by atoms with Crippen LogP contribution in [0.3, 0.4) is 0 Å². The van der Waals surface area contributed by atoms with Crippen molar-refractivity contribution >= 4 is 11.9 Å². The molecular weight excluding hydrogens is 232 g/mol. The van der Waals surface area contributed by atoms with Crippen LogP contribution in [-0.2, 0) is 9.59 Å². The van der Waals surface area contributed by atoms with Gasteiger partial charge in [-0.05, 0) is 33.6 Å². The predicted molar refractivity (Wildman–Crippen MR) is 69.1 cm³/mol. The van der Waals surface area contributed by atoms with Crippen LogP contribution in [0.15, 0.2) is 0 Å². The molecular formula is C13H24N2O3. The molecule has 1 aliphatic rings. The molecule has 1 amide bonds. The van der Waals surface area contributed by atoms with E-state index in [1.165, 1.54) is 4.90 Å². The molecule has 104 valence electrons. The molecule has 0 saturated heterocycles. The Morgan fingerprint density at radius 3 is 2.17 bits per heavy atom. The number of amides is 1. The Morgan fingerprint density at radius 2 is 1.83 bits per heavy atom. The Hall–Kier alpha value is -1.10. The quantitative estimate of drug-likeness (QED) is 0.774. The Bertz CT molecular complexity index is 333. The Balaban J connectivity index is 3.02. The van der Waals surface area contributed by atoms with Crippen LogP contribution in [0.2, 0.25) is 0 Å². The van der Waals surface area contributed by atoms with Crippen LogP contribution in [0.25, 0.3) is 0 Å². The molecule has 5 heteroatoms. The molecule has 0 atom stereocenters. The van der Waals surface area contributed by atoms with E-state index in [1.807, 2.05) is 6.92 Å². The summed E-state index contributed by atoms with van der Waals surface area (Å²) in [5, 5.41) is 9.27. The average Bonchev–Trinajstić information content (AvgIpc) is 2.78. The number of nitrogens with two attached hydrogens (primary N) is 1. The standard InChI is InChI=1S/C13H24N2O3/c1-4-15(12(2,3)11(17)18)10(16)13(9-14)7-5-6-8-13/h4-9,14H2,1-3H3,(H,17,18). The van der Waals surface area contributed by atoms with Crippen molar-refractivity contribution in [3.05, 3.63) is 0 Å². The van der Waals surface area contributed by atoms with Gasteiger partial charge in [-0.25, -0.2) is 4.79 Å². The first-order valence-corrected chi connectivity index (χ1v) is 6.57. The number of rotatable bonds is 5. The topological polar surface area (TPSA) is 83.6 Å². The van der Waals surface area contributed by atoms with Crippen molar-refractivity contribution in [1.29, 1.82) is 0 Å². The molecule has 0 unspecified atom stereocenters. The SMILES string of the molecule is CCN(C(=O)C1(CN)CCCC1)C(C)(C)C(=O)O. The first-order valence-electron chi connectivity index (χ1n) is 6.57. The van der Waals surface area contributed by atoms with E-state index < -0.39 is 16.9 Å². The van der Waals surface area contributed by atoms with Crippen molar-refractivity contribution in [2.75, 3.05) is 13.1 Å². The fourth-order valence-electron chi connectivity index (χ4n) is 2.75. The fraction of sp³-hybridized carbons (Fsp3) is 0.846. The summed E-state index contributed by atoms with van der Waals surface area (Å²) in [4.78, 5) is 25.4. The number of hydrogen-bond donors (Lipinski definition) is 2. The Labute approximate surface area is 108 Å². The lowest BCUT2D eigenvalue weighted by Crippen LogP contribution is -2.58. The first-order chi connectivity index (χ1) is 8.31. The number of carboxylic acids is 1. The summed E-state index contributed by atoms with van der Waals surface area (Å²) < 4.78 is 0. The summed E-state index contributed by atoms with van der Waals surface area (Å²) in [5.41, 5.74) is 4.06. The van der Waals surface area contributed by atoms with Gasteiger partial charge in [-0.1, -0.05) is 12.8 Å². The van der Waals surface area contributed by atoms with Gasteiger partial charge in [0.05, 0.1) is 5.41 Å². The van der Waals surface area contributed by atoms with Crippen molar-refractivity contribution < 1.29 is 14.7 Å². The second-order valence-electron chi connectivity index (χ2n) is 5.61. The van der Waals surface area contributed by atoms with Crippen LogP contribution in [0.1, 0.15) is 46.5 Å². The highest BCUT2D eigenvalue weighted by Crippen LogP contribution is 2.40. The average molecular weight is 256 g/mol. The summed E-state index contributed by atoms with van der Waals surface area (Å²) >= 11 is 0. The second kappa shape index (κ2) is 5.26. The lowest BCUT2D eigenvalue weighted by Gasteiger charge is -2.40. The Morgan fingerprint density at radius 1 is 1.33 bits per heavy atom. The lowest BCUT2D eigenvalue weighted by atomic mass is 9.83. The highest BCUT2D eigenvalue weighted by molar-refractivity contribution is 5.90. The van der Waals surface area contributed by atoms with Crippen LogP contribution in [0.5, 0.6) is 0 Å². The molecule has 5 nitrogen and oxygen atoms in total. The number of carbonyl (C=O) groups excluding carboxylic acids is 1. The molecule has 18 heavy (non-hydrogen) atoms. The lowest BCUT2D eigenvalue weighted by molar-refractivity contribution is -0.161. The highest BCUT2D eigenvalue weighted by atomic mass is 16.4. The van der Waals surface area contributed by atoms with Gasteiger partial charge < -0.3 is 15.7 Å². The van der Waals surface area contributed by atoms with Crippen LogP contribution in [0, 0.1) is 5.41 Å². The summed E-state index contributed by atoms with van der Waals surface area (Å²) in [7, 11) is 0. The summed E-state index contributed by atoms with van der Waals surface area (Å²) in [6.45, 7) is 5.63. The van der Waals surface area contributed by atoms with Crippen molar-refractivity contribution in [3.63, 3.8) is 0 Å². The molecule has 0 spiro atoms. The van der Waals surface area contributed by atoms with Crippen LogP contribution < -0.4 is 5.73 Å². The second-order valence-corrected chi connectivity index (χ2v) is 5.61. The maximum atomic E-state index is 12.7. The third-order valence-electron chi connectivity index (χ3n) is 4.16. The van der Waals surface area contributed by atoms with Crippen LogP contribution in [-0.4, -0.2) is 40.5 Å². The number of nitrogens with zero attached hydrogens (tertiary/aromatic N) is 1. The van der Waals surface area contributed by atoms with Crippen LogP contribution >= 0.6 is 0 Å². The third-order valence-corrected chi connectivity index (χ3v) is 4.16. The van der Waals surface area contributed by atoms with Gasteiger partial charge in [0.15, 0.2) is 0 Å². The van der Waals surface area contributed by atoms with Crippen molar-refractivity contribution in [3.8, 4) is 0 Å². The van der Waals surface area contributed by atoms with Gasteiger partial charge >= 0.3 is 5.97 Å². The van der Waals surface area contributed by atoms with Crippen LogP contribution in [0.4, 0.5) is 0 Å². The van der Waals surface area contributed by atoms with Gasteiger partial charge in [0.25, 0.3) is 0 Å². The molecule has 0 radical (unpaired) electrons. The van der Waals surface area contributed by atoms with E-state index in [0.717, 1.165) is 25.7 Å². The molecule has 1 rings (SSSR count). The fourth-order valence-corrected chi connectivity index (χ4v) is 2.75. The molecule has 1 fully saturated rings. The minimum absolute atomic E-state index is 0.0996. The zero-order chi connectivity index (χ0) is 14.0. The van der Waals surface area contributed by atoms with E-state index in [9.17, 15) is 14.7 Å². The number of carbonyl (C=O) groups is 2. The maximum Gasteiger partial charge on any atom is 0.329 e. The van der Waals surface area contributed by atoms with E-state index in [0.29, 0.717) is 13.1 Å². The first kappa shape index (κ1) is 15.0. The normalized spacial score (nSPS) is 18.7. The zero-order valence-electron chi connectivity index (χ0n) is 11.5. The van der Waals surface area contributed by atoms with Gasteiger partial charge in [0.2, 0.25) is 5.91 Å². The summed E-state index contributed by atoms with van der Waals surface area (Å²) in [5.74, 6) is -1.08. The third kappa shape index (κ3) is 2.36. The summed E-state index contributed by atoms with van der Waals surface area (Å²) in [6.07, 6.45) is 3.53. The molecule has 1 saturated carbocycles. The molecule has 1 aliphatic carbocycles. The van der Waals surface area contributed by atoms with E-state index >= 15 is 0 Å². The molecule has 0 aromatic heterocycles. The molecule has 0 heterocycles. The highest BCUT2D eigenvalue weighted by Gasteiger charge is 2.47. The minimum atomic E-state index is -1.18. The van der Waals surface area contributed by atoms with Gasteiger partial charge in [-0.15, -0.1) is 0 Å². The molecule has 0 aromatic carbocycles. The maximum absolute atomic E-state index is 12.7. The van der Waals surface area contributed by atoms with Crippen molar-refractivity contribution in [2.24, 2.45) is 11.1 Å². The van der Waals surface area contributed by atoms with E-state index in [1.54, 1.807) is 13.8 Å². The minimum Gasteiger partial charge on any atom is -0.480 e. The number of likely N-dealkylation sites (N-methyl/N-ethyl adjacent to an activating group) is 1. The van der Waals surface area contributed by atoms with Gasteiger partial charge in [0, 0.05) is 13.1 Å². The Kier molecular flexibility index (Phi) is 4.37. The van der Waals surface area contributed by atoms with E-state index in [-0.39, 0.29) is 5.91 Å². The van der Waals surface area contributed by atoms with E-state index in [2.05, 4.69) is 0 Å². The smallest absolute Gasteiger partial charge is 0.329 e. The largest absolute Gasteiger partial charge is 0.480 e. The number of hydrogen-bond acceptors (Lipinski definition) is 3. The summed E-state index contributed by atoms with van der Waals surface area (Å²) in [6, 6.07) is 0. The molecule has 3 N–H and O–H groups in total. The van der Waals surface area contributed by atoms with E-state index in [4.69, 9.17) is 5.73 Å². The van der Waals surface area contributed by atoms with Gasteiger partial charge in [0.1, 0.15) is 5.54 Å². The predicted octanol–water partition coefficient (Wildman–Crippen LogP) is 1.22. The molecule has 0 aliphatic heterocycles. The number of aliphatic carboxylic acids is 1. The van der Waals surface area contributed by atoms with Crippen molar-refractivity contribution in [1.82, 2.24) is 4.90 Å². The zero-order valence-corrected chi connectivity index (χ0v) is 11.5.